The average Bonchev–Trinajstić information content (AvgIpc) is 2.88. The minimum Gasteiger partial charge on any atom is -0.506 e. The summed E-state index contributed by atoms with van der Waals surface area (Å²) in [5.74, 6) is -3.20. The zero-order valence-corrected chi connectivity index (χ0v) is 20.1. The molecule has 0 saturated carbocycles. The van der Waals surface area contributed by atoms with Crippen molar-refractivity contribution in [3.05, 3.63) is 89.5 Å². The lowest BCUT2D eigenvalue weighted by Gasteiger charge is -2.20. The monoisotopic (exact) mass is 514 g/mol. The fraction of sp³-hybridized carbons (Fsp3) is 0.259. The highest BCUT2D eigenvalue weighted by Crippen LogP contribution is 2.30. The summed E-state index contributed by atoms with van der Waals surface area (Å²) < 4.78 is 33.9. The van der Waals surface area contributed by atoms with Crippen molar-refractivity contribution in [2.75, 3.05) is 18.1 Å². The van der Waals surface area contributed by atoms with Crippen LogP contribution in [0.5, 0.6) is 11.5 Å². The van der Waals surface area contributed by atoms with Crippen LogP contribution in [-0.2, 0) is 17.1 Å². The Labute approximate surface area is 212 Å². The summed E-state index contributed by atoms with van der Waals surface area (Å²) in [6.07, 6.45) is -1.97. The van der Waals surface area contributed by atoms with Crippen molar-refractivity contribution < 1.29 is 38.4 Å². The number of carbonyl (C=O) groups excluding carboxylic acids is 1. The largest absolute Gasteiger partial charge is 0.506 e. The Bertz CT molecular complexity index is 1190. The summed E-state index contributed by atoms with van der Waals surface area (Å²) in [7, 11) is 0. The highest BCUT2D eigenvalue weighted by Gasteiger charge is 2.32. The third kappa shape index (κ3) is 7.48. The third-order valence-corrected chi connectivity index (χ3v) is 5.70. The number of imide groups is 1. The van der Waals surface area contributed by atoms with Gasteiger partial charge in [-0.2, -0.15) is 8.78 Å². The molecule has 3 aromatic rings. The lowest BCUT2D eigenvalue weighted by atomic mass is 10.0. The van der Waals surface area contributed by atoms with Crippen molar-refractivity contribution in [3.63, 3.8) is 0 Å². The summed E-state index contributed by atoms with van der Waals surface area (Å²) >= 11 is 0. The van der Waals surface area contributed by atoms with Crippen LogP contribution in [0.3, 0.4) is 0 Å². The molecule has 0 radical (unpaired) electrons. The maximum Gasteiger partial charge on any atom is 0.418 e. The Kier molecular flexibility index (Phi) is 9.15. The number of halogens is 2. The van der Waals surface area contributed by atoms with Crippen molar-refractivity contribution in [3.8, 4) is 11.5 Å². The van der Waals surface area contributed by atoms with Crippen LogP contribution in [0, 0.1) is 0 Å². The minimum absolute atomic E-state index is 0.0546. The lowest BCUT2D eigenvalue weighted by molar-refractivity contribution is -0.107. The number of carbonyl (C=O) groups is 2. The number of aliphatic hydroxyl groups is 1. The molecule has 3 aromatic carbocycles. The van der Waals surface area contributed by atoms with Gasteiger partial charge >= 0.3 is 12.0 Å². The van der Waals surface area contributed by atoms with Crippen LogP contribution in [0.2, 0.25) is 0 Å². The SMILES string of the molecule is CC(Cc1ccc(OCC(F)(F)c2ccccc2)cc1)NC[C@H](O)c1ccc(O)c(N(C=O)C(=O)O)c1. The summed E-state index contributed by atoms with van der Waals surface area (Å²) in [6, 6.07) is 18.1. The molecule has 10 heteroatoms. The van der Waals surface area contributed by atoms with Crippen molar-refractivity contribution in [2.24, 2.45) is 0 Å². The molecule has 4 N–H and O–H groups in total. The van der Waals surface area contributed by atoms with Crippen LogP contribution < -0.4 is 15.0 Å². The van der Waals surface area contributed by atoms with Crippen LogP contribution >= 0.6 is 0 Å². The van der Waals surface area contributed by atoms with Gasteiger partial charge in [-0.3, -0.25) is 4.79 Å². The second-order valence-electron chi connectivity index (χ2n) is 8.54. The number of nitrogens with zero attached hydrogens (tertiary/aromatic N) is 1. The van der Waals surface area contributed by atoms with E-state index >= 15 is 0 Å². The first-order valence-corrected chi connectivity index (χ1v) is 11.5. The zero-order chi connectivity index (χ0) is 27.0. The molecule has 0 heterocycles. The average molecular weight is 515 g/mol. The van der Waals surface area contributed by atoms with Gasteiger partial charge in [0.05, 0.1) is 11.8 Å². The van der Waals surface area contributed by atoms with Gasteiger partial charge in [-0.05, 0) is 48.7 Å². The number of benzene rings is 3. The Morgan fingerprint density at radius 3 is 2.41 bits per heavy atom. The molecular formula is C27H28F2N2O6. The first-order chi connectivity index (χ1) is 17.6. The van der Waals surface area contributed by atoms with Gasteiger partial charge in [-0.15, -0.1) is 0 Å². The van der Waals surface area contributed by atoms with Gasteiger partial charge in [0.25, 0.3) is 0 Å². The number of hydrogen-bond acceptors (Lipinski definition) is 6. The highest BCUT2D eigenvalue weighted by atomic mass is 19.3. The number of rotatable bonds is 12. The first kappa shape index (κ1) is 27.6. The quantitative estimate of drug-likeness (QED) is 0.264. The highest BCUT2D eigenvalue weighted by molar-refractivity contribution is 6.03. The van der Waals surface area contributed by atoms with E-state index in [0.717, 1.165) is 5.56 Å². The predicted octanol–water partition coefficient (Wildman–Crippen LogP) is 4.46. The van der Waals surface area contributed by atoms with E-state index < -0.39 is 30.5 Å². The maximum atomic E-state index is 14.3. The topological polar surface area (TPSA) is 119 Å². The Hall–Kier alpha value is -4.02. The molecule has 2 atom stereocenters. The second-order valence-corrected chi connectivity index (χ2v) is 8.54. The van der Waals surface area contributed by atoms with E-state index in [1.54, 1.807) is 42.5 Å². The lowest BCUT2D eigenvalue weighted by Crippen LogP contribution is -2.32. The number of amides is 2. The smallest absolute Gasteiger partial charge is 0.418 e. The van der Waals surface area contributed by atoms with Crippen molar-refractivity contribution >= 4 is 18.2 Å². The van der Waals surface area contributed by atoms with E-state index in [4.69, 9.17) is 9.84 Å². The first-order valence-electron chi connectivity index (χ1n) is 11.5. The molecule has 8 nitrogen and oxygen atoms in total. The molecule has 0 bridgehead atoms. The minimum atomic E-state index is -3.11. The second kappa shape index (κ2) is 12.3. The number of anilines is 1. The normalized spacial score (nSPS) is 13.0. The molecule has 0 fully saturated rings. The molecule has 0 aliphatic rings. The number of aliphatic hydroxyl groups excluding tert-OH is 1. The molecule has 0 aromatic heterocycles. The van der Waals surface area contributed by atoms with E-state index in [-0.39, 0.29) is 30.2 Å². The third-order valence-electron chi connectivity index (χ3n) is 5.70. The van der Waals surface area contributed by atoms with E-state index in [2.05, 4.69) is 5.32 Å². The van der Waals surface area contributed by atoms with E-state index in [1.165, 1.54) is 30.3 Å². The fourth-order valence-corrected chi connectivity index (χ4v) is 3.66. The molecule has 0 aliphatic heterocycles. The van der Waals surface area contributed by atoms with Crippen LogP contribution in [0.1, 0.15) is 29.7 Å². The van der Waals surface area contributed by atoms with Crippen LogP contribution in [-0.4, -0.2) is 47.0 Å². The van der Waals surface area contributed by atoms with Gasteiger partial charge in [0.2, 0.25) is 6.41 Å². The van der Waals surface area contributed by atoms with Gasteiger partial charge in [-0.25, -0.2) is 9.69 Å². The fourth-order valence-electron chi connectivity index (χ4n) is 3.66. The number of phenolic OH excluding ortho intramolecular Hbond substituents is 1. The molecular weight excluding hydrogens is 486 g/mol. The van der Waals surface area contributed by atoms with E-state index in [9.17, 15) is 28.6 Å². The standard InChI is InChI=1S/C27H28F2N2O6/c1-18(30-15-25(34)20-9-12-24(33)23(14-20)31(17-32)26(35)36)13-19-7-10-22(11-8-19)37-16-27(28,29)21-5-3-2-4-6-21/h2-12,14,17-18,25,30,33-34H,13,15-16H2,1H3,(H,35,36)/t18?,25-/m0/s1. The van der Waals surface area contributed by atoms with Gasteiger partial charge < -0.3 is 25.4 Å². The van der Waals surface area contributed by atoms with Crippen molar-refractivity contribution in [2.45, 2.75) is 31.4 Å². The van der Waals surface area contributed by atoms with E-state index in [1.807, 2.05) is 6.92 Å². The number of nitrogens with one attached hydrogen (secondary N) is 1. The molecule has 196 valence electrons. The van der Waals surface area contributed by atoms with Gasteiger partial charge in [0.15, 0.2) is 6.61 Å². The number of hydrogen-bond donors (Lipinski definition) is 4. The molecule has 37 heavy (non-hydrogen) atoms. The number of aromatic hydroxyl groups is 1. The van der Waals surface area contributed by atoms with Crippen molar-refractivity contribution in [1.82, 2.24) is 5.32 Å². The van der Waals surface area contributed by atoms with Crippen LogP contribution in [0.25, 0.3) is 0 Å². The van der Waals surface area contributed by atoms with Gasteiger partial charge in [0, 0.05) is 18.2 Å². The Balaban J connectivity index is 1.51. The molecule has 1 unspecified atom stereocenters. The van der Waals surface area contributed by atoms with Gasteiger partial charge in [-0.1, -0.05) is 48.5 Å². The molecule has 3 rings (SSSR count). The van der Waals surface area contributed by atoms with Gasteiger partial charge in [0.1, 0.15) is 11.5 Å². The maximum absolute atomic E-state index is 14.3. The Morgan fingerprint density at radius 2 is 1.78 bits per heavy atom. The molecule has 0 spiro atoms. The van der Waals surface area contributed by atoms with E-state index in [0.29, 0.717) is 22.6 Å². The summed E-state index contributed by atoms with van der Waals surface area (Å²) in [6.45, 7) is 1.25. The zero-order valence-electron chi connectivity index (χ0n) is 20.1. The molecule has 2 amide bonds. The number of ether oxygens (including phenoxy) is 1. The number of carboxylic acid groups (broad SMARTS) is 1. The van der Waals surface area contributed by atoms with Crippen LogP contribution in [0.15, 0.2) is 72.8 Å². The van der Waals surface area contributed by atoms with Crippen molar-refractivity contribution in [1.29, 1.82) is 0 Å². The number of alkyl halides is 2. The summed E-state index contributed by atoms with van der Waals surface area (Å²) in [5, 5.41) is 32.7. The molecule has 0 aliphatic carbocycles. The Morgan fingerprint density at radius 1 is 1.11 bits per heavy atom. The number of phenols is 1. The molecule has 0 saturated heterocycles. The van der Waals surface area contributed by atoms with Crippen LogP contribution in [0.4, 0.5) is 19.3 Å². The predicted molar refractivity (Wildman–Crippen MR) is 133 cm³/mol. The summed E-state index contributed by atoms with van der Waals surface area (Å²) in [4.78, 5) is 22.5. The summed E-state index contributed by atoms with van der Waals surface area (Å²) in [5.41, 5.74) is 0.872.